The van der Waals surface area contributed by atoms with Gasteiger partial charge in [-0.3, -0.25) is 4.99 Å². The number of rotatable bonds is 9. The van der Waals surface area contributed by atoms with Crippen LogP contribution in [0, 0.1) is 5.92 Å². The second kappa shape index (κ2) is 11.8. The zero-order valence-corrected chi connectivity index (χ0v) is 16.8. The van der Waals surface area contributed by atoms with E-state index in [9.17, 15) is 0 Å². The number of piperidine rings is 1. The lowest BCUT2D eigenvalue weighted by molar-refractivity contribution is 0.188. The van der Waals surface area contributed by atoms with Gasteiger partial charge in [0.2, 0.25) is 0 Å². The molecule has 0 spiro atoms. The van der Waals surface area contributed by atoms with Gasteiger partial charge in [0.15, 0.2) is 5.96 Å². The molecule has 1 heterocycles. The van der Waals surface area contributed by atoms with Crippen LogP contribution in [-0.4, -0.2) is 57.2 Å². The summed E-state index contributed by atoms with van der Waals surface area (Å²) in [6, 6.07) is 8.20. The third kappa shape index (κ3) is 6.87. The highest BCUT2D eigenvalue weighted by Gasteiger charge is 2.18. The molecule has 146 valence electrons. The smallest absolute Gasteiger partial charge is 0.191 e. The van der Waals surface area contributed by atoms with Crippen LogP contribution in [0.2, 0.25) is 0 Å². The third-order valence-electron chi connectivity index (χ3n) is 4.98. The largest absolute Gasteiger partial charge is 0.496 e. The molecule has 0 atom stereocenters. The van der Waals surface area contributed by atoms with E-state index in [1.54, 1.807) is 7.11 Å². The number of nitrogens with one attached hydrogen (secondary N) is 2. The van der Waals surface area contributed by atoms with E-state index in [0.717, 1.165) is 37.8 Å². The van der Waals surface area contributed by atoms with Crippen molar-refractivity contribution in [1.29, 1.82) is 0 Å². The van der Waals surface area contributed by atoms with Crippen molar-refractivity contribution in [1.82, 2.24) is 15.5 Å². The van der Waals surface area contributed by atoms with Crippen LogP contribution in [0.4, 0.5) is 0 Å². The second-order valence-electron chi connectivity index (χ2n) is 6.99. The predicted molar refractivity (Wildman–Crippen MR) is 110 cm³/mol. The number of nitrogens with zero attached hydrogens (tertiary/aromatic N) is 2. The normalized spacial score (nSPS) is 16.5. The van der Waals surface area contributed by atoms with Gasteiger partial charge in [0.25, 0.3) is 0 Å². The second-order valence-corrected chi connectivity index (χ2v) is 6.99. The molecule has 2 N–H and O–H groups in total. The molecule has 0 amide bonds. The van der Waals surface area contributed by atoms with Crippen LogP contribution in [0.15, 0.2) is 29.3 Å². The fraction of sp³-hybridized carbons (Fsp3) is 0.667. The first-order chi connectivity index (χ1) is 12.8. The molecule has 26 heavy (non-hydrogen) atoms. The molecule has 0 unspecified atom stereocenters. The molecule has 1 aliphatic rings. The van der Waals surface area contributed by atoms with Crippen molar-refractivity contribution < 1.29 is 4.74 Å². The molecule has 1 fully saturated rings. The minimum absolute atomic E-state index is 0.716. The molecule has 1 aromatic carbocycles. The van der Waals surface area contributed by atoms with Crippen LogP contribution in [0.1, 0.15) is 38.7 Å². The maximum absolute atomic E-state index is 5.43. The van der Waals surface area contributed by atoms with Gasteiger partial charge in [0, 0.05) is 19.6 Å². The first-order valence-electron chi connectivity index (χ1n) is 10.1. The number of hydrogen-bond acceptors (Lipinski definition) is 3. The molecule has 2 rings (SSSR count). The predicted octanol–water partition coefficient (Wildman–Crippen LogP) is 2.91. The van der Waals surface area contributed by atoms with Gasteiger partial charge in [-0.2, -0.15) is 0 Å². The number of para-hydroxylation sites is 1. The van der Waals surface area contributed by atoms with E-state index in [-0.39, 0.29) is 0 Å². The third-order valence-corrected chi connectivity index (χ3v) is 4.98. The highest BCUT2D eigenvalue weighted by atomic mass is 16.5. The highest BCUT2D eigenvalue weighted by molar-refractivity contribution is 5.79. The summed E-state index contributed by atoms with van der Waals surface area (Å²) in [7, 11) is 1.73. The average molecular weight is 361 g/mol. The SMILES string of the molecule is CCCN1CCC(CN=C(NCC)NCCc2ccccc2OC)CC1. The molecule has 1 aliphatic heterocycles. The van der Waals surface area contributed by atoms with Gasteiger partial charge >= 0.3 is 0 Å². The molecule has 0 bridgehead atoms. The average Bonchev–Trinajstić information content (AvgIpc) is 2.68. The van der Waals surface area contributed by atoms with Crippen LogP contribution >= 0.6 is 0 Å². The molecule has 1 saturated heterocycles. The van der Waals surface area contributed by atoms with Gasteiger partial charge in [-0.15, -0.1) is 0 Å². The fourth-order valence-electron chi connectivity index (χ4n) is 3.50. The van der Waals surface area contributed by atoms with Crippen molar-refractivity contribution >= 4 is 5.96 Å². The van der Waals surface area contributed by atoms with Crippen LogP contribution < -0.4 is 15.4 Å². The number of guanidine groups is 1. The molecule has 5 nitrogen and oxygen atoms in total. The lowest BCUT2D eigenvalue weighted by Gasteiger charge is -2.31. The lowest BCUT2D eigenvalue weighted by atomic mass is 9.97. The van der Waals surface area contributed by atoms with Crippen LogP contribution in [0.25, 0.3) is 0 Å². The van der Waals surface area contributed by atoms with E-state index in [0.29, 0.717) is 5.92 Å². The van der Waals surface area contributed by atoms with Gasteiger partial charge in [-0.05, 0) is 69.8 Å². The van der Waals surface area contributed by atoms with Gasteiger partial charge < -0.3 is 20.3 Å². The summed E-state index contributed by atoms with van der Waals surface area (Å²) in [6.45, 7) is 10.7. The van der Waals surface area contributed by atoms with Crippen LogP contribution in [-0.2, 0) is 6.42 Å². The Labute approximate surface area is 159 Å². The summed E-state index contributed by atoms with van der Waals surface area (Å²) in [4.78, 5) is 7.41. The van der Waals surface area contributed by atoms with Crippen molar-refractivity contribution in [3.05, 3.63) is 29.8 Å². The van der Waals surface area contributed by atoms with E-state index in [4.69, 9.17) is 9.73 Å². The number of ether oxygens (including phenoxy) is 1. The molecule has 0 radical (unpaired) electrons. The zero-order chi connectivity index (χ0) is 18.6. The molecule has 1 aromatic rings. The summed E-state index contributed by atoms with van der Waals surface area (Å²) in [5.41, 5.74) is 1.22. The number of benzene rings is 1. The lowest BCUT2D eigenvalue weighted by Crippen LogP contribution is -2.39. The maximum atomic E-state index is 5.43. The Bertz CT molecular complexity index is 539. The summed E-state index contributed by atoms with van der Waals surface area (Å²) in [5.74, 6) is 2.60. The minimum atomic E-state index is 0.716. The van der Waals surface area contributed by atoms with Gasteiger partial charge in [-0.1, -0.05) is 25.1 Å². The Balaban J connectivity index is 1.78. The summed E-state index contributed by atoms with van der Waals surface area (Å²) in [5, 5.41) is 6.83. The Hall–Kier alpha value is -1.75. The minimum Gasteiger partial charge on any atom is -0.496 e. The molecular formula is C21H36N4O. The first kappa shape index (κ1) is 20.6. The standard InChI is InChI=1S/C21H36N4O/c1-4-14-25-15-11-18(12-16-25)17-24-21(22-5-2)23-13-10-19-8-6-7-9-20(19)26-3/h6-9,18H,4-5,10-17H2,1-3H3,(H2,22,23,24). The van der Waals surface area contributed by atoms with Crippen LogP contribution in [0.5, 0.6) is 5.75 Å². The zero-order valence-electron chi connectivity index (χ0n) is 16.8. The van der Waals surface area contributed by atoms with Crippen molar-refractivity contribution in [2.45, 2.75) is 39.5 Å². The van der Waals surface area contributed by atoms with E-state index in [2.05, 4.69) is 41.5 Å². The van der Waals surface area contributed by atoms with Crippen molar-refractivity contribution in [2.24, 2.45) is 10.9 Å². The topological polar surface area (TPSA) is 48.9 Å². The number of methoxy groups -OCH3 is 1. The monoisotopic (exact) mass is 360 g/mol. The molecule has 5 heteroatoms. The van der Waals surface area contributed by atoms with E-state index in [1.807, 2.05) is 12.1 Å². The van der Waals surface area contributed by atoms with Gasteiger partial charge in [0.05, 0.1) is 7.11 Å². The maximum Gasteiger partial charge on any atom is 0.191 e. The highest BCUT2D eigenvalue weighted by Crippen LogP contribution is 2.18. The summed E-state index contributed by atoms with van der Waals surface area (Å²) >= 11 is 0. The first-order valence-corrected chi connectivity index (χ1v) is 10.1. The Morgan fingerprint density at radius 1 is 1.19 bits per heavy atom. The fourth-order valence-corrected chi connectivity index (χ4v) is 3.50. The molecule has 0 saturated carbocycles. The summed E-state index contributed by atoms with van der Waals surface area (Å²) in [6.07, 6.45) is 4.71. The van der Waals surface area contributed by atoms with Crippen molar-refractivity contribution in [3.63, 3.8) is 0 Å². The Morgan fingerprint density at radius 3 is 2.65 bits per heavy atom. The number of aliphatic imine (C=N–C) groups is 1. The van der Waals surface area contributed by atoms with Crippen molar-refractivity contribution in [2.75, 3.05) is 46.4 Å². The number of hydrogen-bond donors (Lipinski definition) is 2. The van der Waals surface area contributed by atoms with Crippen molar-refractivity contribution in [3.8, 4) is 5.75 Å². The molecular weight excluding hydrogens is 324 g/mol. The molecule has 0 aliphatic carbocycles. The quantitative estimate of drug-likeness (QED) is 0.525. The van der Waals surface area contributed by atoms with E-state index < -0.39 is 0 Å². The Kier molecular flexibility index (Phi) is 9.32. The van der Waals surface area contributed by atoms with E-state index >= 15 is 0 Å². The summed E-state index contributed by atoms with van der Waals surface area (Å²) < 4.78 is 5.43. The number of likely N-dealkylation sites (tertiary alicyclic amines) is 1. The van der Waals surface area contributed by atoms with Gasteiger partial charge in [-0.25, -0.2) is 0 Å². The van der Waals surface area contributed by atoms with Gasteiger partial charge in [0.1, 0.15) is 5.75 Å². The molecule has 0 aromatic heterocycles. The van der Waals surface area contributed by atoms with E-state index in [1.165, 1.54) is 44.5 Å². The van der Waals surface area contributed by atoms with Crippen LogP contribution in [0.3, 0.4) is 0 Å². The Morgan fingerprint density at radius 2 is 1.96 bits per heavy atom.